The molecule has 2 nitrogen and oxygen atoms in total. The van der Waals surface area contributed by atoms with Crippen LogP contribution in [0.15, 0.2) is 28.7 Å². The second-order valence-corrected chi connectivity index (χ2v) is 4.26. The summed E-state index contributed by atoms with van der Waals surface area (Å²) in [6.45, 7) is 7.37. The number of hydrogen-bond acceptors (Lipinski definition) is 0. The van der Waals surface area contributed by atoms with Crippen molar-refractivity contribution in [2.75, 3.05) is 6.54 Å². The topological polar surface area (TPSA) is 9.29 Å². The van der Waals surface area contributed by atoms with Gasteiger partial charge in [0.05, 0.1) is 6.42 Å². The molecule has 2 rings (SSSR count). The molecule has 76 valence electrons. The number of aryl methyl sites for hydroxylation is 1. The van der Waals surface area contributed by atoms with Crippen LogP contribution in [0.5, 0.6) is 0 Å². The highest BCUT2D eigenvalue weighted by Gasteiger charge is 2.12. The van der Waals surface area contributed by atoms with E-state index in [9.17, 15) is 0 Å². The van der Waals surface area contributed by atoms with Crippen LogP contribution in [0, 0.1) is 6.57 Å². The van der Waals surface area contributed by atoms with Gasteiger partial charge in [-0.15, -0.1) is 0 Å². The van der Waals surface area contributed by atoms with Gasteiger partial charge in [0.15, 0.2) is 0 Å². The van der Waals surface area contributed by atoms with Gasteiger partial charge >= 0.3 is 0 Å². The molecule has 0 aliphatic rings. The first kappa shape index (κ1) is 10.3. The summed E-state index contributed by atoms with van der Waals surface area (Å²) >= 11 is 3.61. The molecule has 0 saturated heterocycles. The molecule has 1 aromatic heterocycles. The van der Waals surface area contributed by atoms with Crippen molar-refractivity contribution in [3.63, 3.8) is 0 Å². The Balaban J connectivity index is 2.60. The third kappa shape index (κ3) is 1.66. The first-order chi connectivity index (χ1) is 7.25. The average molecular weight is 263 g/mol. The Hall–Kier alpha value is -1.27. The summed E-state index contributed by atoms with van der Waals surface area (Å²) in [5, 5.41) is 1.22. The maximum absolute atomic E-state index is 6.83. The zero-order valence-corrected chi connectivity index (χ0v) is 10.1. The molecule has 0 fully saturated rings. The number of rotatable bonds is 2. The highest BCUT2D eigenvalue weighted by Crippen LogP contribution is 2.30. The summed E-state index contributed by atoms with van der Waals surface area (Å²) in [4.78, 5) is 3.40. The van der Waals surface area contributed by atoms with Gasteiger partial charge in [0, 0.05) is 28.1 Å². The van der Waals surface area contributed by atoms with Crippen molar-refractivity contribution >= 4 is 26.8 Å². The third-order valence-electron chi connectivity index (χ3n) is 2.62. The number of para-hydroxylation sites is 1. The molecule has 0 saturated carbocycles. The molecular formula is C12H11BrN2. The zero-order valence-electron chi connectivity index (χ0n) is 8.50. The Bertz CT molecular complexity index is 495. The molecule has 15 heavy (non-hydrogen) atoms. The van der Waals surface area contributed by atoms with Crippen molar-refractivity contribution in [3.8, 4) is 0 Å². The molecular weight excluding hydrogens is 252 g/mol. The smallest absolute Gasteiger partial charge is 0.220 e. The van der Waals surface area contributed by atoms with Crippen LogP contribution >= 0.6 is 15.9 Å². The Morgan fingerprint density at radius 3 is 2.80 bits per heavy atom. The number of fused-ring (bicyclic) bond motifs is 1. The summed E-state index contributed by atoms with van der Waals surface area (Å²) < 4.78 is 3.29. The van der Waals surface area contributed by atoms with Crippen LogP contribution in [0.4, 0.5) is 0 Å². The second kappa shape index (κ2) is 4.08. The van der Waals surface area contributed by atoms with Gasteiger partial charge in [0.1, 0.15) is 0 Å². The van der Waals surface area contributed by atoms with E-state index in [1.54, 1.807) is 0 Å². The van der Waals surface area contributed by atoms with E-state index in [0.29, 0.717) is 6.54 Å². The standard InChI is InChI=1S/C12H11BrN2/c1-14-8-7-11-12(13)9-5-3-4-6-10(9)15(11)2/h3-6H,7-8H2,2H3. The Morgan fingerprint density at radius 2 is 2.13 bits per heavy atom. The van der Waals surface area contributed by atoms with Crippen LogP contribution in [-0.2, 0) is 13.5 Å². The molecule has 1 heterocycles. The lowest BCUT2D eigenvalue weighted by molar-refractivity contribution is 0.850. The van der Waals surface area contributed by atoms with Crippen molar-refractivity contribution in [3.05, 3.63) is 45.8 Å². The zero-order chi connectivity index (χ0) is 10.8. The lowest BCUT2D eigenvalue weighted by Crippen LogP contribution is -1.98. The van der Waals surface area contributed by atoms with Gasteiger partial charge < -0.3 is 9.41 Å². The molecule has 0 amide bonds. The van der Waals surface area contributed by atoms with Crippen molar-refractivity contribution < 1.29 is 0 Å². The largest absolute Gasteiger partial charge is 0.346 e. The molecule has 0 radical (unpaired) electrons. The normalized spacial score (nSPS) is 10.5. The molecule has 0 aliphatic heterocycles. The summed E-state index contributed by atoms with van der Waals surface area (Å²) in [7, 11) is 2.05. The van der Waals surface area contributed by atoms with Crippen molar-refractivity contribution in [2.24, 2.45) is 7.05 Å². The van der Waals surface area contributed by atoms with Gasteiger partial charge in [-0.05, 0) is 22.0 Å². The van der Waals surface area contributed by atoms with Gasteiger partial charge in [-0.3, -0.25) is 0 Å². The van der Waals surface area contributed by atoms with Gasteiger partial charge in [-0.1, -0.05) is 18.2 Å². The summed E-state index contributed by atoms with van der Waals surface area (Å²) in [6, 6.07) is 8.27. The first-order valence-corrected chi connectivity index (χ1v) is 5.60. The molecule has 2 aromatic rings. The highest BCUT2D eigenvalue weighted by molar-refractivity contribution is 9.10. The van der Waals surface area contributed by atoms with Gasteiger partial charge in [-0.2, -0.15) is 0 Å². The SMILES string of the molecule is [C-]#[N+]CCc1c(Br)c2ccccc2n1C. The minimum Gasteiger partial charge on any atom is -0.346 e. The Kier molecular flexibility index (Phi) is 2.79. The molecule has 0 atom stereocenters. The minimum absolute atomic E-state index is 0.544. The molecule has 0 unspecified atom stereocenters. The van der Waals surface area contributed by atoms with E-state index in [1.807, 2.05) is 19.2 Å². The summed E-state index contributed by atoms with van der Waals surface area (Å²) in [5.41, 5.74) is 2.41. The van der Waals surface area contributed by atoms with Gasteiger partial charge in [-0.25, -0.2) is 6.57 Å². The molecule has 3 heteroatoms. The van der Waals surface area contributed by atoms with Crippen LogP contribution < -0.4 is 0 Å². The van der Waals surface area contributed by atoms with Gasteiger partial charge in [0.25, 0.3) is 0 Å². The fourth-order valence-electron chi connectivity index (χ4n) is 1.84. The first-order valence-electron chi connectivity index (χ1n) is 4.80. The Morgan fingerprint density at radius 1 is 1.40 bits per heavy atom. The molecule has 0 aliphatic carbocycles. The van der Waals surface area contributed by atoms with E-state index < -0.39 is 0 Å². The fourth-order valence-corrected chi connectivity index (χ4v) is 2.64. The van der Waals surface area contributed by atoms with Crippen LogP contribution in [-0.4, -0.2) is 11.1 Å². The predicted octanol–water partition coefficient (Wildman–Crippen LogP) is 3.40. The van der Waals surface area contributed by atoms with Crippen LogP contribution in [0.3, 0.4) is 0 Å². The van der Waals surface area contributed by atoms with E-state index >= 15 is 0 Å². The Labute approximate surface area is 97.5 Å². The maximum Gasteiger partial charge on any atom is 0.220 e. The van der Waals surface area contributed by atoms with Gasteiger partial charge in [0.2, 0.25) is 6.54 Å². The number of hydrogen-bond donors (Lipinski definition) is 0. The monoisotopic (exact) mass is 262 g/mol. The van der Waals surface area contributed by atoms with Crippen LogP contribution in [0.1, 0.15) is 5.69 Å². The third-order valence-corrected chi connectivity index (χ3v) is 3.51. The van der Waals surface area contributed by atoms with E-state index in [-0.39, 0.29) is 0 Å². The second-order valence-electron chi connectivity index (χ2n) is 3.47. The van der Waals surface area contributed by atoms with E-state index in [1.165, 1.54) is 16.6 Å². The van der Waals surface area contributed by atoms with E-state index in [4.69, 9.17) is 6.57 Å². The lowest BCUT2D eigenvalue weighted by atomic mass is 10.2. The maximum atomic E-state index is 6.83. The molecule has 1 aromatic carbocycles. The van der Waals surface area contributed by atoms with Crippen molar-refractivity contribution in [1.29, 1.82) is 0 Å². The van der Waals surface area contributed by atoms with Crippen LogP contribution in [0.2, 0.25) is 0 Å². The molecule has 0 bridgehead atoms. The van der Waals surface area contributed by atoms with Crippen LogP contribution in [0.25, 0.3) is 15.7 Å². The quantitative estimate of drug-likeness (QED) is 0.734. The summed E-state index contributed by atoms with van der Waals surface area (Å²) in [5.74, 6) is 0. The van der Waals surface area contributed by atoms with E-state index in [2.05, 4.69) is 37.5 Å². The van der Waals surface area contributed by atoms with E-state index in [0.717, 1.165) is 10.9 Å². The summed E-state index contributed by atoms with van der Waals surface area (Å²) in [6.07, 6.45) is 0.801. The molecule has 0 spiro atoms. The minimum atomic E-state index is 0.544. The number of benzene rings is 1. The number of aromatic nitrogens is 1. The molecule has 0 N–H and O–H groups in total. The lowest BCUT2D eigenvalue weighted by Gasteiger charge is -2.00. The average Bonchev–Trinajstić information content (AvgIpc) is 2.51. The number of halogens is 1. The number of nitrogens with zero attached hydrogens (tertiary/aromatic N) is 2. The van der Waals surface area contributed by atoms with Crippen molar-refractivity contribution in [1.82, 2.24) is 4.57 Å². The van der Waals surface area contributed by atoms with Crippen molar-refractivity contribution in [2.45, 2.75) is 6.42 Å². The highest BCUT2D eigenvalue weighted by atomic mass is 79.9. The predicted molar refractivity (Wildman–Crippen MR) is 65.8 cm³/mol. The fraction of sp³-hybridized carbons (Fsp3) is 0.250.